The van der Waals surface area contributed by atoms with Crippen LogP contribution in [0.1, 0.15) is 57.8 Å². The first-order valence-corrected chi connectivity index (χ1v) is 10.5. The average Bonchev–Trinajstić information content (AvgIpc) is 3.02. The van der Waals surface area contributed by atoms with Crippen molar-refractivity contribution in [3.05, 3.63) is 23.5 Å². The van der Waals surface area contributed by atoms with Crippen molar-refractivity contribution < 1.29 is 28.0 Å². The molecule has 1 saturated heterocycles. The molecule has 1 aromatic carbocycles. The molecule has 0 aromatic heterocycles. The highest BCUT2D eigenvalue weighted by Crippen LogP contribution is 2.65. The molecule has 4 fully saturated rings. The largest absolute Gasteiger partial charge is 0.498 e. The fourth-order valence-electron chi connectivity index (χ4n) is 5.49. The van der Waals surface area contributed by atoms with Gasteiger partial charge in [0.25, 0.3) is 0 Å². The monoisotopic (exact) mass is 404 g/mol. The molecule has 0 spiro atoms. The molecule has 0 N–H and O–H groups in total. The van der Waals surface area contributed by atoms with E-state index in [0.717, 1.165) is 18.9 Å². The quantitative estimate of drug-likeness (QED) is 0.555. The summed E-state index contributed by atoms with van der Waals surface area (Å²) in [5, 5.41) is 0. The topological polar surface area (TPSA) is 54.0 Å². The zero-order valence-electron chi connectivity index (χ0n) is 18.1. The van der Waals surface area contributed by atoms with Crippen LogP contribution in [0.5, 0.6) is 5.75 Å². The summed E-state index contributed by atoms with van der Waals surface area (Å²) in [4.78, 5) is 12.6. The number of ether oxygens (including phenoxy) is 2. The van der Waals surface area contributed by atoms with Gasteiger partial charge in [-0.3, -0.25) is 0 Å². The summed E-state index contributed by atoms with van der Waals surface area (Å²) < 4.78 is 38.0. The summed E-state index contributed by atoms with van der Waals surface area (Å²) in [6.07, 6.45) is 2.01. The van der Waals surface area contributed by atoms with E-state index < -0.39 is 24.5 Å². The van der Waals surface area contributed by atoms with Gasteiger partial charge >= 0.3 is 13.1 Å². The summed E-state index contributed by atoms with van der Waals surface area (Å²) in [7, 11) is 0.683. The number of esters is 1. The molecule has 158 valence electrons. The van der Waals surface area contributed by atoms with Gasteiger partial charge in [-0.1, -0.05) is 27.7 Å². The van der Waals surface area contributed by atoms with Gasteiger partial charge in [0, 0.05) is 5.46 Å². The first-order valence-electron chi connectivity index (χ1n) is 10.5. The van der Waals surface area contributed by atoms with Crippen molar-refractivity contribution in [1.29, 1.82) is 0 Å². The third kappa shape index (κ3) is 3.17. The second-order valence-corrected chi connectivity index (χ2v) is 9.87. The number of rotatable bonds is 5. The molecule has 4 atom stereocenters. The van der Waals surface area contributed by atoms with Crippen molar-refractivity contribution in [2.24, 2.45) is 23.2 Å². The zero-order valence-corrected chi connectivity index (χ0v) is 18.1. The Morgan fingerprint density at radius 3 is 2.66 bits per heavy atom. The van der Waals surface area contributed by atoms with Crippen LogP contribution < -0.4 is 10.2 Å². The van der Waals surface area contributed by atoms with Crippen molar-refractivity contribution in [3.8, 4) is 5.75 Å². The summed E-state index contributed by atoms with van der Waals surface area (Å²) >= 11 is 0. The minimum absolute atomic E-state index is 0.0476. The smallest absolute Gasteiger partial charge is 0.496 e. The van der Waals surface area contributed by atoms with Crippen LogP contribution in [0.4, 0.5) is 4.39 Å². The van der Waals surface area contributed by atoms with Crippen LogP contribution in [-0.4, -0.2) is 38.5 Å². The van der Waals surface area contributed by atoms with Gasteiger partial charge in [-0.15, -0.1) is 0 Å². The van der Waals surface area contributed by atoms with Gasteiger partial charge in [-0.05, 0) is 55.1 Å². The van der Waals surface area contributed by atoms with Gasteiger partial charge in [0.1, 0.15) is 17.1 Å². The molecule has 5 rings (SSSR count). The predicted octanol–water partition coefficient (Wildman–Crippen LogP) is 3.58. The highest BCUT2D eigenvalue weighted by Gasteiger charge is 2.68. The summed E-state index contributed by atoms with van der Waals surface area (Å²) in [5.74, 6) is 0.273. The van der Waals surface area contributed by atoms with Crippen molar-refractivity contribution >= 4 is 18.6 Å². The maximum atomic E-state index is 14.5. The van der Waals surface area contributed by atoms with E-state index in [1.165, 1.54) is 13.2 Å². The van der Waals surface area contributed by atoms with E-state index in [1.807, 2.05) is 13.8 Å². The van der Waals surface area contributed by atoms with E-state index in [2.05, 4.69) is 20.8 Å². The Morgan fingerprint density at radius 1 is 1.31 bits per heavy atom. The third-order valence-corrected chi connectivity index (χ3v) is 7.26. The van der Waals surface area contributed by atoms with Crippen molar-refractivity contribution in [3.63, 3.8) is 0 Å². The van der Waals surface area contributed by atoms with Crippen LogP contribution in [0.15, 0.2) is 12.1 Å². The van der Waals surface area contributed by atoms with Crippen LogP contribution in [0, 0.1) is 29.0 Å². The Hall–Kier alpha value is -1.60. The second kappa shape index (κ2) is 6.98. The Bertz CT molecular complexity index is 826. The molecule has 7 heteroatoms. The van der Waals surface area contributed by atoms with Gasteiger partial charge in [-0.2, -0.15) is 0 Å². The number of carbonyl (C=O) groups excluding carboxylic acids is 1. The highest BCUT2D eigenvalue weighted by molar-refractivity contribution is 6.63. The summed E-state index contributed by atoms with van der Waals surface area (Å²) in [6, 6.07) is 2.48. The van der Waals surface area contributed by atoms with E-state index in [9.17, 15) is 9.18 Å². The van der Waals surface area contributed by atoms with Crippen molar-refractivity contribution in [2.75, 3.05) is 13.7 Å². The number of carbonyl (C=O) groups is 1. The number of hydrogen-bond donors (Lipinski definition) is 0. The lowest BCUT2D eigenvalue weighted by Gasteiger charge is -2.64. The minimum Gasteiger partial charge on any atom is -0.496 e. The fraction of sp³-hybridized carbons (Fsp3) is 0.682. The molecule has 0 radical (unpaired) electrons. The lowest BCUT2D eigenvalue weighted by molar-refractivity contribution is -0.199. The Labute approximate surface area is 172 Å². The molecule has 3 unspecified atom stereocenters. The van der Waals surface area contributed by atoms with Crippen LogP contribution >= 0.6 is 0 Å². The van der Waals surface area contributed by atoms with E-state index in [1.54, 1.807) is 0 Å². The fourth-order valence-corrected chi connectivity index (χ4v) is 5.49. The van der Waals surface area contributed by atoms with Crippen molar-refractivity contribution in [1.82, 2.24) is 0 Å². The van der Waals surface area contributed by atoms with E-state index >= 15 is 0 Å². The number of benzene rings is 1. The third-order valence-electron chi connectivity index (χ3n) is 7.26. The minimum atomic E-state index is -0.776. The molecule has 2 bridgehead atoms. The van der Waals surface area contributed by atoms with Crippen LogP contribution in [0.2, 0.25) is 0 Å². The Balaban J connectivity index is 1.65. The number of halogens is 1. The first kappa shape index (κ1) is 20.7. The van der Waals surface area contributed by atoms with E-state index in [-0.39, 0.29) is 35.4 Å². The SMILES string of the molecule is COc1c(B2OC3CC4CC(C4(C)C)[C@]3(C)O2)cc(F)cc1C(=O)OCC(C)C. The molecule has 0 amide bonds. The normalized spacial score (nSPS) is 32.0. The van der Waals surface area contributed by atoms with Crippen LogP contribution in [0.3, 0.4) is 0 Å². The Morgan fingerprint density at radius 2 is 2.03 bits per heavy atom. The van der Waals surface area contributed by atoms with Gasteiger partial charge in [0.05, 0.1) is 25.4 Å². The first-order chi connectivity index (χ1) is 13.6. The van der Waals surface area contributed by atoms with Crippen LogP contribution in [0.25, 0.3) is 0 Å². The molecule has 1 aliphatic heterocycles. The Kier molecular flexibility index (Phi) is 4.98. The van der Waals surface area contributed by atoms with Crippen LogP contribution in [-0.2, 0) is 14.0 Å². The van der Waals surface area contributed by atoms with Gasteiger partial charge in [0.2, 0.25) is 0 Å². The maximum absolute atomic E-state index is 14.5. The van der Waals surface area contributed by atoms with Gasteiger partial charge < -0.3 is 18.8 Å². The number of hydrogen-bond acceptors (Lipinski definition) is 5. The molecule has 5 nitrogen and oxygen atoms in total. The average molecular weight is 404 g/mol. The summed E-state index contributed by atoms with van der Waals surface area (Å²) in [5.41, 5.74) is 0.231. The standard InChI is InChI=1S/C22H30BFO5/c1-12(2)11-27-20(25)15-9-14(24)10-16(19(15)26-6)23-28-18-8-13-7-17(21(13,3)4)22(18,5)29-23/h9-10,12-13,17-18H,7-8,11H2,1-6H3/t13?,17?,18?,22-/m0/s1. The maximum Gasteiger partial charge on any atom is 0.498 e. The molecule has 1 heterocycles. The summed E-state index contributed by atoms with van der Waals surface area (Å²) in [6.45, 7) is 10.8. The van der Waals surface area contributed by atoms with E-state index in [4.69, 9.17) is 18.8 Å². The lowest BCUT2D eigenvalue weighted by atomic mass is 9.43. The molecular weight excluding hydrogens is 374 g/mol. The van der Waals surface area contributed by atoms with Gasteiger partial charge in [-0.25, -0.2) is 9.18 Å². The molecular formula is C22H30BFO5. The van der Waals surface area contributed by atoms with Gasteiger partial charge in [0.15, 0.2) is 0 Å². The lowest BCUT2D eigenvalue weighted by Crippen LogP contribution is -2.65. The molecule has 3 saturated carbocycles. The highest BCUT2D eigenvalue weighted by atomic mass is 19.1. The molecule has 4 aliphatic rings. The van der Waals surface area contributed by atoms with Crippen molar-refractivity contribution in [2.45, 2.75) is 59.2 Å². The molecule has 3 aliphatic carbocycles. The molecule has 1 aromatic rings. The predicted molar refractivity (Wildman–Crippen MR) is 108 cm³/mol. The number of methoxy groups -OCH3 is 1. The van der Waals surface area contributed by atoms with E-state index in [0.29, 0.717) is 17.3 Å². The zero-order chi connectivity index (χ0) is 21.1. The molecule has 29 heavy (non-hydrogen) atoms. The second-order valence-electron chi connectivity index (χ2n) is 9.87.